The highest BCUT2D eigenvalue weighted by molar-refractivity contribution is 6.35. The molecule has 2 rings (SSSR count). The van der Waals surface area contributed by atoms with Crippen LogP contribution in [0.1, 0.15) is 17.3 Å². The molecule has 0 aliphatic heterocycles. The van der Waals surface area contributed by atoms with E-state index in [1.165, 1.54) is 33.3 Å². The van der Waals surface area contributed by atoms with Crippen LogP contribution in [0.4, 0.5) is 11.4 Å². The second-order valence-electron chi connectivity index (χ2n) is 5.64. The molecule has 0 fully saturated rings. The topological polar surface area (TPSA) is 117 Å². The lowest BCUT2D eigenvalue weighted by Gasteiger charge is -2.15. The number of carbonyl (C=O) groups excluding carboxylic acids is 2. The minimum atomic E-state index is -1.29. The van der Waals surface area contributed by atoms with Gasteiger partial charge < -0.3 is 19.5 Å². The summed E-state index contributed by atoms with van der Waals surface area (Å²) in [6.07, 6.45) is -1.29. The number of amides is 1. The van der Waals surface area contributed by atoms with E-state index in [9.17, 15) is 19.7 Å². The van der Waals surface area contributed by atoms with Crippen molar-refractivity contribution < 1.29 is 28.7 Å². The maximum atomic E-state index is 12.5. The Kier molecular flexibility index (Phi) is 7.24. The predicted molar refractivity (Wildman–Crippen MR) is 106 cm³/mol. The average molecular weight is 443 g/mol. The SMILES string of the molecule is COc1cc(C(=O)OC(C)C(=O)Nc2cc(Cl)ccc2Cl)c([N+](=O)[O-])cc1OC. The van der Waals surface area contributed by atoms with Crippen LogP contribution < -0.4 is 14.8 Å². The lowest BCUT2D eigenvalue weighted by atomic mass is 10.1. The number of carbonyl (C=O) groups is 2. The van der Waals surface area contributed by atoms with Gasteiger partial charge in [0.1, 0.15) is 5.56 Å². The zero-order valence-corrected chi connectivity index (χ0v) is 17.0. The van der Waals surface area contributed by atoms with Gasteiger partial charge in [0.25, 0.3) is 11.6 Å². The number of nitrogens with one attached hydrogen (secondary N) is 1. The first-order valence-electron chi connectivity index (χ1n) is 8.05. The number of benzene rings is 2. The third-order valence-electron chi connectivity index (χ3n) is 3.76. The van der Waals surface area contributed by atoms with Gasteiger partial charge in [-0.05, 0) is 25.1 Å². The second kappa shape index (κ2) is 9.44. The predicted octanol–water partition coefficient (Wildman–Crippen LogP) is 4.10. The normalized spacial score (nSPS) is 11.3. The maximum absolute atomic E-state index is 12.5. The van der Waals surface area contributed by atoms with E-state index in [-0.39, 0.29) is 22.2 Å². The summed E-state index contributed by atoms with van der Waals surface area (Å²) >= 11 is 11.8. The number of nitrogens with zero attached hydrogens (tertiary/aromatic N) is 1. The summed E-state index contributed by atoms with van der Waals surface area (Å²) in [5, 5.41) is 14.4. The molecule has 2 aromatic rings. The van der Waals surface area contributed by atoms with Gasteiger partial charge in [-0.2, -0.15) is 0 Å². The van der Waals surface area contributed by atoms with Crippen molar-refractivity contribution in [3.8, 4) is 11.5 Å². The van der Waals surface area contributed by atoms with Crippen LogP contribution in [0, 0.1) is 10.1 Å². The number of anilines is 1. The molecule has 1 unspecified atom stereocenters. The highest BCUT2D eigenvalue weighted by Gasteiger charge is 2.28. The van der Waals surface area contributed by atoms with Crippen LogP contribution in [0.25, 0.3) is 0 Å². The number of hydrogen-bond donors (Lipinski definition) is 1. The first-order valence-corrected chi connectivity index (χ1v) is 8.80. The van der Waals surface area contributed by atoms with Crippen molar-refractivity contribution in [2.75, 3.05) is 19.5 Å². The number of nitro groups is 1. The van der Waals surface area contributed by atoms with Crippen molar-refractivity contribution >= 4 is 46.5 Å². The monoisotopic (exact) mass is 442 g/mol. The number of hydrogen-bond acceptors (Lipinski definition) is 7. The summed E-state index contributed by atoms with van der Waals surface area (Å²) in [6, 6.07) is 6.60. The Balaban J connectivity index is 2.23. The Labute approximate surface area is 175 Å². The van der Waals surface area contributed by atoms with Crippen molar-refractivity contribution in [2.24, 2.45) is 0 Å². The molecule has 11 heteroatoms. The number of methoxy groups -OCH3 is 2. The zero-order valence-electron chi connectivity index (χ0n) is 15.5. The number of rotatable bonds is 7. The number of nitro benzene ring substituents is 1. The third-order valence-corrected chi connectivity index (χ3v) is 4.32. The fourth-order valence-corrected chi connectivity index (χ4v) is 2.62. The Morgan fingerprint density at radius 3 is 2.31 bits per heavy atom. The molecular formula is C18H16Cl2N2O7. The van der Waals surface area contributed by atoms with Crippen LogP contribution in [-0.4, -0.2) is 37.1 Å². The maximum Gasteiger partial charge on any atom is 0.346 e. The molecule has 0 heterocycles. The van der Waals surface area contributed by atoms with Gasteiger partial charge in [0.05, 0.1) is 35.9 Å². The van der Waals surface area contributed by atoms with Crippen LogP contribution in [0.5, 0.6) is 11.5 Å². The van der Waals surface area contributed by atoms with Crippen molar-refractivity contribution in [2.45, 2.75) is 13.0 Å². The molecule has 0 aliphatic rings. The van der Waals surface area contributed by atoms with E-state index in [4.69, 9.17) is 37.4 Å². The van der Waals surface area contributed by atoms with E-state index in [2.05, 4.69) is 5.32 Å². The first kappa shape index (κ1) is 22.3. The van der Waals surface area contributed by atoms with Crippen molar-refractivity contribution in [1.82, 2.24) is 0 Å². The third kappa shape index (κ3) is 5.27. The van der Waals surface area contributed by atoms with Gasteiger partial charge >= 0.3 is 5.97 Å². The number of halogens is 2. The van der Waals surface area contributed by atoms with Crippen LogP contribution in [-0.2, 0) is 9.53 Å². The van der Waals surface area contributed by atoms with Gasteiger partial charge in [0.2, 0.25) is 0 Å². The molecule has 154 valence electrons. The molecule has 0 radical (unpaired) electrons. The average Bonchev–Trinajstić information content (AvgIpc) is 2.69. The molecular weight excluding hydrogens is 427 g/mol. The minimum Gasteiger partial charge on any atom is -0.493 e. The van der Waals surface area contributed by atoms with E-state index >= 15 is 0 Å². The Bertz CT molecular complexity index is 965. The number of ether oxygens (including phenoxy) is 3. The van der Waals surface area contributed by atoms with Gasteiger partial charge in [0, 0.05) is 11.1 Å². The molecule has 1 N–H and O–H groups in total. The smallest absolute Gasteiger partial charge is 0.346 e. The first-order chi connectivity index (χ1) is 13.7. The lowest BCUT2D eigenvalue weighted by molar-refractivity contribution is -0.385. The van der Waals surface area contributed by atoms with Gasteiger partial charge in [0.15, 0.2) is 17.6 Å². The molecule has 2 aromatic carbocycles. The van der Waals surface area contributed by atoms with Gasteiger partial charge in [-0.15, -0.1) is 0 Å². The highest BCUT2D eigenvalue weighted by atomic mass is 35.5. The summed E-state index contributed by atoms with van der Waals surface area (Å²) in [6.45, 7) is 1.30. The van der Waals surface area contributed by atoms with E-state index in [0.717, 1.165) is 12.1 Å². The molecule has 0 spiro atoms. The van der Waals surface area contributed by atoms with Crippen LogP contribution in [0.3, 0.4) is 0 Å². The molecule has 0 saturated heterocycles. The number of esters is 1. The lowest BCUT2D eigenvalue weighted by Crippen LogP contribution is -2.30. The zero-order chi connectivity index (χ0) is 21.7. The second-order valence-corrected chi connectivity index (χ2v) is 6.49. The Morgan fingerprint density at radius 1 is 1.10 bits per heavy atom. The van der Waals surface area contributed by atoms with Gasteiger partial charge in [-0.1, -0.05) is 23.2 Å². The Hall–Kier alpha value is -3.04. The van der Waals surface area contributed by atoms with E-state index in [1.54, 1.807) is 6.07 Å². The fourth-order valence-electron chi connectivity index (χ4n) is 2.29. The van der Waals surface area contributed by atoms with Gasteiger partial charge in [-0.3, -0.25) is 14.9 Å². The standard InChI is InChI=1S/C18H16Cl2N2O7/c1-9(17(23)21-13-6-10(19)4-5-12(13)20)29-18(24)11-7-15(27-2)16(28-3)8-14(11)22(25)26/h4-9H,1-3H3,(H,21,23). The summed E-state index contributed by atoms with van der Waals surface area (Å²) < 4.78 is 15.1. The molecule has 0 aliphatic carbocycles. The molecule has 0 saturated carbocycles. The van der Waals surface area contributed by atoms with Crippen molar-refractivity contribution in [1.29, 1.82) is 0 Å². The fraction of sp³-hybridized carbons (Fsp3) is 0.222. The summed E-state index contributed by atoms with van der Waals surface area (Å²) in [5.74, 6) is -1.63. The van der Waals surface area contributed by atoms with Crippen molar-refractivity contribution in [3.05, 3.63) is 56.1 Å². The molecule has 1 atom stereocenters. The molecule has 1 amide bonds. The Morgan fingerprint density at radius 2 is 1.72 bits per heavy atom. The largest absolute Gasteiger partial charge is 0.493 e. The van der Waals surface area contributed by atoms with Gasteiger partial charge in [-0.25, -0.2) is 4.79 Å². The summed E-state index contributed by atoms with van der Waals surface area (Å²) in [7, 11) is 2.61. The molecule has 0 bridgehead atoms. The van der Waals surface area contributed by atoms with Crippen LogP contribution in [0.2, 0.25) is 10.0 Å². The molecule has 0 aromatic heterocycles. The van der Waals surface area contributed by atoms with E-state index in [0.29, 0.717) is 5.02 Å². The van der Waals surface area contributed by atoms with Crippen LogP contribution >= 0.6 is 23.2 Å². The van der Waals surface area contributed by atoms with E-state index in [1.807, 2.05) is 0 Å². The highest BCUT2D eigenvalue weighted by Crippen LogP contribution is 2.35. The molecule has 9 nitrogen and oxygen atoms in total. The minimum absolute atomic E-state index is 0.0668. The molecule has 29 heavy (non-hydrogen) atoms. The summed E-state index contributed by atoms with van der Waals surface area (Å²) in [5.41, 5.74) is -0.726. The summed E-state index contributed by atoms with van der Waals surface area (Å²) in [4.78, 5) is 35.3. The quantitative estimate of drug-likeness (QED) is 0.389. The van der Waals surface area contributed by atoms with E-state index < -0.39 is 34.2 Å². The van der Waals surface area contributed by atoms with Crippen molar-refractivity contribution in [3.63, 3.8) is 0 Å². The van der Waals surface area contributed by atoms with Crippen LogP contribution in [0.15, 0.2) is 30.3 Å².